The second-order valence-electron chi connectivity index (χ2n) is 5.89. The van der Waals surface area contributed by atoms with E-state index in [2.05, 4.69) is 76.4 Å². The van der Waals surface area contributed by atoms with Crippen LogP contribution in [-0.2, 0) is 0 Å². The van der Waals surface area contributed by atoms with Crippen LogP contribution in [0.25, 0.3) is 5.57 Å². The van der Waals surface area contributed by atoms with Crippen molar-refractivity contribution < 1.29 is 0 Å². The zero-order valence-electron chi connectivity index (χ0n) is 13.2. The molecule has 106 valence electrons. The van der Waals surface area contributed by atoms with Gasteiger partial charge in [0.2, 0.25) is 0 Å². The maximum Gasteiger partial charge on any atom is 0.0400 e. The molecule has 0 saturated heterocycles. The smallest absolute Gasteiger partial charge is 0.0400 e. The van der Waals surface area contributed by atoms with Gasteiger partial charge in [-0.2, -0.15) is 0 Å². The highest BCUT2D eigenvalue weighted by molar-refractivity contribution is 5.73. The molecule has 20 heavy (non-hydrogen) atoms. The summed E-state index contributed by atoms with van der Waals surface area (Å²) in [7, 11) is 0. The van der Waals surface area contributed by atoms with Gasteiger partial charge >= 0.3 is 0 Å². The fourth-order valence-corrected chi connectivity index (χ4v) is 2.62. The zero-order chi connectivity index (χ0) is 14.7. The number of hydrogen-bond acceptors (Lipinski definition) is 1. The van der Waals surface area contributed by atoms with Crippen molar-refractivity contribution in [2.45, 2.75) is 40.5 Å². The van der Waals surface area contributed by atoms with Gasteiger partial charge in [0.15, 0.2) is 0 Å². The Labute approximate surface area is 123 Å². The van der Waals surface area contributed by atoms with Crippen molar-refractivity contribution in [2.24, 2.45) is 0 Å². The molecule has 1 N–H and O–H groups in total. The predicted octanol–water partition coefficient (Wildman–Crippen LogP) is 5.04. The summed E-state index contributed by atoms with van der Waals surface area (Å²) in [6.45, 7) is 12.0. The van der Waals surface area contributed by atoms with Crippen molar-refractivity contribution in [3.8, 4) is 0 Å². The van der Waals surface area contributed by atoms with Crippen LogP contribution >= 0.6 is 0 Å². The van der Waals surface area contributed by atoms with Gasteiger partial charge in [0.25, 0.3) is 0 Å². The van der Waals surface area contributed by atoms with Gasteiger partial charge in [-0.3, -0.25) is 0 Å². The number of allylic oxidation sites excluding steroid dienone is 4. The number of nitrogens with one attached hydrogen (secondary N) is 1. The van der Waals surface area contributed by atoms with Gasteiger partial charge in [-0.15, -0.1) is 0 Å². The van der Waals surface area contributed by atoms with E-state index in [-0.39, 0.29) is 0 Å². The molecule has 0 radical (unpaired) electrons. The molecule has 0 unspecified atom stereocenters. The Morgan fingerprint density at radius 1 is 1.05 bits per heavy atom. The summed E-state index contributed by atoms with van der Waals surface area (Å²) >= 11 is 0. The first-order valence-electron chi connectivity index (χ1n) is 7.39. The van der Waals surface area contributed by atoms with Gasteiger partial charge in [-0.1, -0.05) is 44.2 Å². The lowest BCUT2D eigenvalue weighted by atomic mass is 9.89. The van der Waals surface area contributed by atoms with E-state index >= 15 is 0 Å². The molecule has 1 aliphatic heterocycles. The summed E-state index contributed by atoms with van der Waals surface area (Å²) in [5.74, 6) is 0.551. The van der Waals surface area contributed by atoms with Crippen LogP contribution in [0.4, 0.5) is 0 Å². The second kappa shape index (κ2) is 6.13. The fraction of sp³-hybridized carbons (Fsp3) is 0.368. The lowest BCUT2D eigenvalue weighted by Gasteiger charge is -2.20. The number of rotatable bonds is 3. The average Bonchev–Trinajstić information content (AvgIpc) is 2.46. The Kier molecular flexibility index (Phi) is 4.49. The Morgan fingerprint density at radius 2 is 1.75 bits per heavy atom. The maximum atomic E-state index is 3.42. The number of hydrogen-bond donors (Lipinski definition) is 1. The standard InChI is InChI=1S/C19H25N/c1-13(2)18-8-6-7-9-19(18)16(5)15(4)17-11-10-14(3)20-12-17/h6-11,13,20H,12H2,1-5H3/b16-15+. The summed E-state index contributed by atoms with van der Waals surface area (Å²) in [4.78, 5) is 0. The molecule has 0 saturated carbocycles. The van der Waals surface area contributed by atoms with Crippen molar-refractivity contribution in [3.05, 3.63) is 64.4 Å². The molecule has 0 aromatic heterocycles. The largest absolute Gasteiger partial charge is 0.384 e. The Hall–Kier alpha value is -1.76. The Bertz CT molecular complexity index is 586. The second-order valence-corrected chi connectivity index (χ2v) is 5.89. The zero-order valence-corrected chi connectivity index (χ0v) is 13.2. The minimum absolute atomic E-state index is 0.551. The number of dihydropyridines is 1. The van der Waals surface area contributed by atoms with Crippen LogP contribution in [0.1, 0.15) is 51.7 Å². The quantitative estimate of drug-likeness (QED) is 0.809. The van der Waals surface area contributed by atoms with Crippen LogP contribution in [0.15, 0.2) is 53.3 Å². The first-order valence-corrected chi connectivity index (χ1v) is 7.39. The minimum Gasteiger partial charge on any atom is -0.384 e. The van der Waals surface area contributed by atoms with Gasteiger partial charge in [0, 0.05) is 12.2 Å². The molecule has 0 atom stereocenters. The third kappa shape index (κ3) is 3.04. The van der Waals surface area contributed by atoms with E-state index in [1.54, 1.807) is 0 Å². The summed E-state index contributed by atoms with van der Waals surface area (Å²) < 4.78 is 0. The van der Waals surface area contributed by atoms with E-state index < -0.39 is 0 Å². The molecule has 0 fully saturated rings. The molecular weight excluding hydrogens is 242 g/mol. The lowest BCUT2D eigenvalue weighted by molar-refractivity contribution is 0.855. The SMILES string of the molecule is CC1=CC=C(/C(C)=C(\C)c2ccccc2C(C)C)CN1. The van der Waals surface area contributed by atoms with E-state index in [1.807, 2.05) is 0 Å². The van der Waals surface area contributed by atoms with Gasteiger partial charge in [0.1, 0.15) is 0 Å². The topological polar surface area (TPSA) is 12.0 Å². The van der Waals surface area contributed by atoms with Crippen molar-refractivity contribution in [2.75, 3.05) is 6.54 Å². The van der Waals surface area contributed by atoms with Gasteiger partial charge in [-0.25, -0.2) is 0 Å². The molecule has 1 heteroatoms. The lowest BCUT2D eigenvalue weighted by Crippen LogP contribution is -2.18. The first-order chi connectivity index (χ1) is 9.50. The van der Waals surface area contributed by atoms with Gasteiger partial charge < -0.3 is 5.32 Å². The average molecular weight is 267 g/mol. The van der Waals surface area contributed by atoms with Crippen molar-refractivity contribution >= 4 is 5.57 Å². The summed E-state index contributed by atoms with van der Waals surface area (Å²) in [5, 5.41) is 3.42. The molecule has 0 amide bonds. The molecule has 0 aliphatic carbocycles. The summed E-state index contributed by atoms with van der Waals surface area (Å²) in [5.41, 5.74) is 8.20. The van der Waals surface area contributed by atoms with Crippen LogP contribution in [0.2, 0.25) is 0 Å². The van der Waals surface area contributed by atoms with E-state index in [4.69, 9.17) is 0 Å². The minimum atomic E-state index is 0.551. The third-order valence-corrected chi connectivity index (χ3v) is 4.12. The molecule has 1 aromatic rings. The van der Waals surface area contributed by atoms with Crippen LogP contribution in [-0.4, -0.2) is 6.54 Å². The summed E-state index contributed by atoms with van der Waals surface area (Å²) in [6.07, 6.45) is 4.40. The van der Waals surface area contributed by atoms with Crippen LogP contribution in [0, 0.1) is 0 Å². The van der Waals surface area contributed by atoms with Crippen molar-refractivity contribution in [1.82, 2.24) is 5.32 Å². The molecule has 1 aliphatic rings. The molecule has 2 rings (SSSR count). The first kappa shape index (κ1) is 14.6. The van der Waals surface area contributed by atoms with E-state index in [9.17, 15) is 0 Å². The fourth-order valence-electron chi connectivity index (χ4n) is 2.62. The highest BCUT2D eigenvalue weighted by Crippen LogP contribution is 2.30. The predicted molar refractivity (Wildman–Crippen MR) is 88.6 cm³/mol. The van der Waals surface area contributed by atoms with Crippen LogP contribution in [0.3, 0.4) is 0 Å². The van der Waals surface area contributed by atoms with E-state index in [0.717, 1.165) is 6.54 Å². The third-order valence-electron chi connectivity index (χ3n) is 4.12. The normalized spacial score (nSPS) is 16.3. The van der Waals surface area contributed by atoms with Crippen LogP contribution < -0.4 is 5.32 Å². The Balaban J connectivity index is 2.44. The van der Waals surface area contributed by atoms with Crippen molar-refractivity contribution in [1.29, 1.82) is 0 Å². The highest BCUT2D eigenvalue weighted by atomic mass is 14.9. The van der Waals surface area contributed by atoms with Gasteiger partial charge in [-0.05, 0) is 60.6 Å². The Morgan fingerprint density at radius 3 is 2.35 bits per heavy atom. The monoisotopic (exact) mass is 267 g/mol. The molecular formula is C19H25N. The molecule has 0 bridgehead atoms. The molecule has 1 nitrogen and oxygen atoms in total. The van der Waals surface area contributed by atoms with Gasteiger partial charge in [0.05, 0.1) is 0 Å². The van der Waals surface area contributed by atoms with Crippen LogP contribution in [0.5, 0.6) is 0 Å². The highest BCUT2D eigenvalue weighted by Gasteiger charge is 2.12. The number of benzene rings is 1. The molecule has 0 spiro atoms. The van der Waals surface area contributed by atoms with E-state index in [0.29, 0.717) is 5.92 Å². The molecule has 1 heterocycles. The summed E-state index contributed by atoms with van der Waals surface area (Å²) in [6, 6.07) is 8.75. The molecule has 1 aromatic carbocycles. The van der Waals surface area contributed by atoms with E-state index in [1.165, 1.54) is 33.5 Å². The maximum absolute atomic E-state index is 3.42. The van der Waals surface area contributed by atoms with Crippen molar-refractivity contribution in [3.63, 3.8) is 0 Å².